The minimum absolute atomic E-state index is 0.0170. The van der Waals surface area contributed by atoms with Crippen molar-refractivity contribution in [2.24, 2.45) is 17.8 Å². The van der Waals surface area contributed by atoms with Crippen molar-refractivity contribution in [3.05, 3.63) is 0 Å². The van der Waals surface area contributed by atoms with E-state index < -0.39 is 0 Å². The topological polar surface area (TPSA) is 38.3 Å². The van der Waals surface area contributed by atoms with Gasteiger partial charge < -0.3 is 10.1 Å². The van der Waals surface area contributed by atoms with Crippen molar-refractivity contribution in [2.45, 2.75) is 46.3 Å². The number of amides is 1. The van der Waals surface area contributed by atoms with Gasteiger partial charge in [-0.05, 0) is 32.1 Å². The average Bonchev–Trinajstić information content (AvgIpc) is 2.50. The molecule has 5 unspecified atom stereocenters. The number of hydrogen-bond acceptors (Lipinski definition) is 2. The minimum Gasteiger partial charge on any atom is -0.374 e. The van der Waals surface area contributed by atoms with Gasteiger partial charge >= 0.3 is 0 Å². The van der Waals surface area contributed by atoms with Crippen LogP contribution in [0.3, 0.4) is 0 Å². The normalized spacial score (nSPS) is 34.6. The standard InChI is InChI=1S/C13H24ClNO2/c1-8(5-6-14)7-15-13(16)12-9(2)10(3)17-11(12)4/h8-12H,5-7H2,1-4H3,(H,15,16). The van der Waals surface area contributed by atoms with Crippen molar-refractivity contribution in [1.82, 2.24) is 5.32 Å². The monoisotopic (exact) mass is 261 g/mol. The molecule has 0 spiro atoms. The number of hydrogen-bond donors (Lipinski definition) is 1. The molecule has 1 saturated heterocycles. The number of halogens is 1. The van der Waals surface area contributed by atoms with E-state index >= 15 is 0 Å². The van der Waals surface area contributed by atoms with E-state index in [-0.39, 0.29) is 30.0 Å². The molecule has 17 heavy (non-hydrogen) atoms. The van der Waals surface area contributed by atoms with Crippen LogP contribution in [0.5, 0.6) is 0 Å². The van der Waals surface area contributed by atoms with Gasteiger partial charge in [0.15, 0.2) is 0 Å². The molecule has 1 N–H and O–H groups in total. The third-order valence-electron chi connectivity index (χ3n) is 3.77. The van der Waals surface area contributed by atoms with Crippen molar-refractivity contribution >= 4 is 17.5 Å². The van der Waals surface area contributed by atoms with Gasteiger partial charge in [0.1, 0.15) is 0 Å². The first kappa shape index (κ1) is 14.8. The fourth-order valence-electron chi connectivity index (χ4n) is 2.40. The van der Waals surface area contributed by atoms with Gasteiger partial charge in [-0.2, -0.15) is 0 Å². The molecule has 1 heterocycles. The zero-order chi connectivity index (χ0) is 13.0. The highest BCUT2D eigenvalue weighted by Gasteiger charge is 2.41. The SMILES string of the molecule is CC(CCCl)CNC(=O)C1C(C)OC(C)C1C. The molecule has 0 aromatic heterocycles. The lowest BCUT2D eigenvalue weighted by Crippen LogP contribution is -2.39. The molecule has 3 nitrogen and oxygen atoms in total. The Morgan fingerprint density at radius 1 is 1.35 bits per heavy atom. The van der Waals surface area contributed by atoms with E-state index in [1.54, 1.807) is 0 Å². The van der Waals surface area contributed by atoms with Crippen molar-refractivity contribution in [3.63, 3.8) is 0 Å². The molecule has 1 fully saturated rings. The second-order valence-corrected chi connectivity index (χ2v) is 5.64. The first-order valence-corrected chi connectivity index (χ1v) is 7.00. The summed E-state index contributed by atoms with van der Waals surface area (Å²) >= 11 is 5.67. The summed E-state index contributed by atoms with van der Waals surface area (Å²) in [5.41, 5.74) is 0. The molecule has 1 aliphatic heterocycles. The molecule has 0 bridgehead atoms. The van der Waals surface area contributed by atoms with Gasteiger partial charge in [-0.15, -0.1) is 11.6 Å². The van der Waals surface area contributed by atoms with Crippen LogP contribution in [0.2, 0.25) is 0 Å². The lowest BCUT2D eigenvalue weighted by molar-refractivity contribution is -0.127. The number of carbonyl (C=O) groups excluding carboxylic acids is 1. The fraction of sp³-hybridized carbons (Fsp3) is 0.923. The Hall–Kier alpha value is -0.280. The molecule has 1 amide bonds. The van der Waals surface area contributed by atoms with Crippen LogP contribution in [0.1, 0.15) is 34.1 Å². The van der Waals surface area contributed by atoms with Gasteiger partial charge in [0, 0.05) is 12.4 Å². The van der Waals surface area contributed by atoms with Crippen LogP contribution in [-0.4, -0.2) is 30.5 Å². The second kappa shape index (κ2) is 6.60. The smallest absolute Gasteiger partial charge is 0.226 e. The maximum absolute atomic E-state index is 12.1. The quantitative estimate of drug-likeness (QED) is 0.772. The van der Waals surface area contributed by atoms with E-state index in [0.717, 1.165) is 6.42 Å². The van der Waals surface area contributed by atoms with E-state index in [1.807, 2.05) is 13.8 Å². The number of alkyl halides is 1. The summed E-state index contributed by atoms with van der Waals surface area (Å²) in [6, 6.07) is 0. The maximum atomic E-state index is 12.1. The predicted molar refractivity (Wildman–Crippen MR) is 70.2 cm³/mol. The van der Waals surface area contributed by atoms with Crippen molar-refractivity contribution in [1.29, 1.82) is 0 Å². The zero-order valence-corrected chi connectivity index (χ0v) is 12.0. The van der Waals surface area contributed by atoms with Crippen LogP contribution in [-0.2, 0) is 9.53 Å². The first-order valence-electron chi connectivity index (χ1n) is 6.46. The lowest BCUT2D eigenvalue weighted by atomic mass is 9.88. The van der Waals surface area contributed by atoms with Crippen molar-refractivity contribution in [3.8, 4) is 0 Å². The molecule has 0 aromatic carbocycles. The van der Waals surface area contributed by atoms with E-state index in [9.17, 15) is 4.79 Å². The maximum Gasteiger partial charge on any atom is 0.226 e. The van der Waals surface area contributed by atoms with Crippen LogP contribution in [0.25, 0.3) is 0 Å². The summed E-state index contributed by atoms with van der Waals surface area (Å²) in [5.74, 6) is 1.46. The first-order chi connectivity index (χ1) is 7.97. The number of nitrogens with one attached hydrogen (secondary N) is 1. The highest BCUT2D eigenvalue weighted by Crippen LogP contribution is 2.32. The molecule has 1 rings (SSSR count). The Balaban J connectivity index is 2.42. The summed E-state index contributed by atoms with van der Waals surface area (Å²) in [6.07, 6.45) is 1.12. The third-order valence-corrected chi connectivity index (χ3v) is 3.99. The van der Waals surface area contributed by atoms with Crippen LogP contribution >= 0.6 is 11.6 Å². The highest BCUT2D eigenvalue weighted by molar-refractivity contribution is 6.17. The summed E-state index contributed by atoms with van der Waals surface area (Å²) in [5, 5.41) is 3.01. The van der Waals surface area contributed by atoms with Gasteiger partial charge in [-0.25, -0.2) is 0 Å². The highest BCUT2D eigenvalue weighted by atomic mass is 35.5. The van der Waals surface area contributed by atoms with E-state index in [4.69, 9.17) is 16.3 Å². The van der Waals surface area contributed by atoms with Crippen molar-refractivity contribution < 1.29 is 9.53 Å². The zero-order valence-electron chi connectivity index (χ0n) is 11.2. The Morgan fingerprint density at radius 3 is 2.47 bits per heavy atom. The number of ether oxygens (including phenoxy) is 1. The molecular weight excluding hydrogens is 238 g/mol. The second-order valence-electron chi connectivity index (χ2n) is 5.26. The molecule has 5 atom stereocenters. The van der Waals surface area contributed by atoms with Gasteiger partial charge in [0.05, 0.1) is 18.1 Å². The molecular formula is C13H24ClNO2. The predicted octanol–water partition coefficient (Wildman–Crippen LogP) is 2.43. The summed E-state index contributed by atoms with van der Waals surface area (Å²) in [7, 11) is 0. The Morgan fingerprint density at radius 2 is 2.00 bits per heavy atom. The van der Waals surface area contributed by atoms with E-state index in [0.29, 0.717) is 18.3 Å². The van der Waals surface area contributed by atoms with Gasteiger partial charge in [-0.1, -0.05) is 13.8 Å². The van der Waals surface area contributed by atoms with Gasteiger partial charge in [0.25, 0.3) is 0 Å². The molecule has 0 aliphatic carbocycles. The van der Waals surface area contributed by atoms with Crippen LogP contribution in [0.4, 0.5) is 0 Å². The van der Waals surface area contributed by atoms with Crippen LogP contribution < -0.4 is 5.32 Å². The minimum atomic E-state index is -0.0202. The number of carbonyl (C=O) groups is 1. The Labute approximate surface area is 109 Å². The van der Waals surface area contributed by atoms with Crippen LogP contribution in [0, 0.1) is 17.8 Å². The lowest BCUT2D eigenvalue weighted by Gasteiger charge is -2.19. The van der Waals surface area contributed by atoms with Gasteiger partial charge in [0.2, 0.25) is 5.91 Å². The third kappa shape index (κ3) is 3.85. The van der Waals surface area contributed by atoms with E-state index in [2.05, 4.69) is 19.2 Å². The fourth-order valence-corrected chi connectivity index (χ4v) is 2.77. The average molecular weight is 262 g/mol. The van der Waals surface area contributed by atoms with Gasteiger partial charge in [-0.3, -0.25) is 4.79 Å². The molecule has 0 aromatic rings. The summed E-state index contributed by atoms with van der Waals surface area (Å²) < 4.78 is 5.68. The molecule has 0 radical (unpaired) electrons. The summed E-state index contributed by atoms with van der Waals surface area (Å²) in [4.78, 5) is 12.1. The molecule has 1 aliphatic rings. The Bertz CT molecular complexity index is 260. The van der Waals surface area contributed by atoms with Crippen molar-refractivity contribution in [2.75, 3.05) is 12.4 Å². The van der Waals surface area contributed by atoms with E-state index in [1.165, 1.54) is 0 Å². The molecule has 0 saturated carbocycles. The molecule has 4 heteroatoms. The largest absolute Gasteiger partial charge is 0.374 e. The number of rotatable bonds is 5. The molecule has 100 valence electrons. The Kier molecular flexibility index (Phi) is 5.74. The van der Waals surface area contributed by atoms with Crippen LogP contribution in [0.15, 0.2) is 0 Å². The summed E-state index contributed by atoms with van der Waals surface area (Å²) in [6.45, 7) is 8.90.